The van der Waals surface area contributed by atoms with Gasteiger partial charge < -0.3 is 0 Å². The second-order valence-corrected chi connectivity index (χ2v) is 10.7. The standard InChI is InChI=1S/C36H32N10O2/c47-35(45-43-25-21-31(27-11-3-7-17-37-27)41-32(22-25)28-12-4-8-18-38-28)15-1-2-16-36(48)46-44-26-23-33(29-13-5-9-19-39-29)42-34(24-26)30-14-6-10-20-40-30/h3-14,17-24H,1-2,15-16H2,(H,41,43)(H,42,44)(H,45,47)(H,46,48). The van der Waals surface area contributed by atoms with E-state index in [1.807, 2.05) is 97.1 Å². The van der Waals surface area contributed by atoms with Gasteiger partial charge in [-0.2, -0.15) is 0 Å². The van der Waals surface area contributed by atoms with Crippen LogP contribution in [0.15, 0.2) is 122 Å². The molecule has 6 heterocycles. The van der Waals surface area contributed by atoms with Crippen molar-refractivity contribution in [2.24, 2.45) is 0 Å². The monoisotopic (exact) mass is 636 g/mol. The van der Waals surface area contributed by atoms with Crippen molar-refractivity contribution in [3.05, 3.63) is 122 Å². The first-order valence-corrected chi connectivity index (χ1v) is 15.4. The molecule has 0 saturated carbocycles. The number of nitrogens with zero attached hydrogens (tertiary/aromatic N) is 6. The second kappa shape index (κ2) is 15.6. The third-order valence-electron chi connectivity index (χ3n) is 7.11. The van der Waals surface area contributed by atoms with E-state index in [-0.39, 0.29) is 24.7 Å². The number of carbonyl (C=O) groups excluding carboxylic acids is 2. The fraction of sp³-hybridized carbons (Fsp3) is 0.111. The summed E-state index contributed by atoms with van der Waals surface area (Å²) in [6.07, 6.45) is 8.34. The fourth-order valence-corrected chi connectivity index (χ4v) is 4.77. The summed E-state index contributed by atoms with van der Waals surface area (Å²) in [6.45, 7) is 0. The summed E-state index contributed by atoms with van der Waals surface area (Å²) >= 11 is 0. The minimum atomic E-state index is -0.204. The molecule has 4 N–H and O–H groups in total. The lowest BCUT2D eigenvalue weighted by Gasteiger charge is -2.13. The minimum Gasteiger partial charge on any atom is -0.298 e. The van der Waals surface area contributed by atoms with Crippen LogP contribution in [0.2, 0.25) is 0 Å². The summed E-state index contributed by atoms with van der Waals surface area (Å²) in [4.78, 5) is 52.3. The number of amides is 2. The molecule has 6 aromatic rings. The van der Waals surface area contributed by atoms with E-state index in [4.69, 9.17) is 9.97 Å². The summed E-state index contributed by atoms with van der Waals surface area (Å²) < 4.78 is 0. The van der Waals surface area contributed by atoms with Crippen LogP contribution >= 0.6 is 0 Å². The summed E-state index contributed by atoms with van der Waals surface area (Å²) in [5, 5.41) is 0. The van der Waals surface area contributed by atoms with Gasteiger partial charge in [-0.1, -0.05) is 24.3 Å². The number of unbranched alkanes of at least 4 members (excludes halogenated alkanes) is 1. The molecule has 0 unspecified atom stereocenters. The van der Waals surface area contributed by atoms with Crippen molar-refractivity contribution < 1.29 is 9.59 Å². The van der Waals surface area contributed by atoms with Gasteiger partial charge in [0.25, 0.3) is 0 Å². The Labute approximate surface area is 277 Å². The molecular formula is C36H32N10O2. The SMILES string of the molecule is O=C(CCCCC(=O)NNc1cc(-c2ccccn2)nc(-c2ccccn2)c1)NNc1cc(-c2ccccn2)nc(-c2ccccn2)c1. The van der Waals surface area contributed by atoms with Crippen molar-refractivity contribution >= 4 is 23.2 Å². The number of hydrogen-bond donors (Lipinski definition) is 4. The topological polar surface area (TPSA) is 160 Å². The highest BCUT2D eigenvalue weighted by molar-refractivity contribution is 5.80. The third kappa shape index (κ3) is 8.57. The molecule has 0 saturated heterocycles. The Morgan fingerprint density at radius 3 is 1.02 bits per heavy atom. The van der Waals surface area contributed by atoms with Crippen LogP contribution in [0.1, 0.15) is 25.7 Å². The third-order valence-corrected chi connectivity index (χ3v) is 7.11. The summed E-state index contributed by atoms with van der Waals surface area (Å²) in [7, 11) is 0. The first-order valence-electron chi connectivity index (χ1n) is 15.4. The molecule has 12 nitrogen and oxygen atoms in total. The van der Waals surface area contributed by atoms with Crippen LogP contribution in [-0.4, -0.2) is 41.7 Å². The Bertz CT molecular complexity index is 1700. The van der Waals surface area contributed by atoms with Gasteiger partial charge in [-0.3, -0.25) is 51.2 Å². The molecule has 6 aromatic heterocycles. The zero-order chi connectivity index (χ0) is 33.0. The van der Waals surface area contributed by atoms with E-state index in [2.05, 4.69) is 41.6 Å². The van der Waals surface area contributed by atoms with Crippen molar-refractivity contribution in [3.63, 3.8) is 0 Å². The molecule has 48 heavy (non-hydrogen) atoms. The molecule has 2 amide bonds. The molecule has 6 rings (SSSR count). The van der Waals surface area contributed by atoms with Crippen molar-refractivity contribution in [1.82, 2.24) is 40.8 Å². The number of hydrazine groups is 2. The van der Waals surface area contributed by atoms with Crippen LogP contribution in [0, 0.1) is 0 Å². The van der Waals surface area contributed by atoms with Crippen LogP contribution in [0.25, 0.3) is 45.6 Å². The minimum absolute atomic E-state index is 0.204. The molecule has 0 fully saturated rings. The summed E-state index contributed by atoms with van der Waals surface area (Å²) in [6, 6.07) is 29.6. The van der Waals surface area contributed by atoms with Gasteiger partial charge in [-0.25, -0.2) is 9.97 Å². The van der Waals surface area contributed by atoms with Crippen molar-refractivity contribution in [2.75, 3.05) is 10.9 Å². The van der Waals surface area contributed by atoms with E-state index in [0.717, 1.165) is 0 Å². The molecule has 0 radical (unpaired) electrons. The van der Waals surface area contributed by atoms with Crippen molar-refractivity contribution in [1.29, 1.82) is 0 Å². The summed E-state index contributed by atoms with van der Waals surface area (Å²) in [5.74, 6) is -0.407. The molecule has 0 atom stereocenters. The Morgan fingerprint density at radius 2 is 0.750 bits per heavy atom. The number of hydrogen-bond acceptors (Lipinski definition) is 10. The van der Waals surface area contributed by atoms with Gasteiger partial charge in [0.1, 0.15) is 0 Å². The normalized spacial score (nSPS) is 10.6. The number of carbonyl (C=O) groups is 2. The molecule has 0 spiro atoms. The summed E-state index contributed by atoms with van der Waals surface area (Å²) in [5.41, 5.74) is 18.1. The molecule has 0 bridgehead atoms. The highest BCUT2D eigenvalue weighted by Crippen LogP contribution is 2.26. The zero-order valence-electron chi connectivity index (χ0n) is 25.9. The first-order chi connectivity index (χ1) is 23.6. The van der Waals surface area contributed by atoms with Crippen LogP contribution < -0.4 is 21.7 Å². The van der Waals surface area contributed by atoms with E-state index >= 15 is 0 Å². The molecule has 0 aliphatic rings. The Kier molecular flexibility index (Phi) is 10.2. The Balaban J connectivity index is 0.998. The van der Waals surface area contributed by atoms with Gasteiger partial charge in [-0.05, 0) is 85.6 Å². The van der Waals surface area contributed by atoms with Crippen LogP contribution in [0.3, 0.4) is 0 Å². The lowest BCUT2D eigenvalue weighted by Crippen LogP contribution is -2.30. The molecule has 0 aromatic carbocycles. The van der Waals surface area contributed by atoms with E-state index in [0.29, 0.717) is 69.8 Å². The maximum absolute atomic E-state index is 12.6. The quantitative estimate of drug-likeness (QED) is 0.0892. The van der Waals surface area contributed by atoms with Crippen LogP contribution in [0.4, 0.5) is 11.4 Å². The van der Waals surface area contributed by atoms with Crippen molar-refractivity contribution in [3.8, 4) is 45.6 Å². The lowest BCUT2D eigenvalue weighted by atomic mass is 10.1. The smallest absolute Gasteiger partial charge is 0.238 e. The predicted octanol–water partition coefficient (Wildman–Crippen LogP) is 5.87. The van der Waals surface area contributed by atoms with Crippen LogP contribution in [0.5, 0.6) is 0 Å². The van der Waals surface area contributed by atoms with E-state index < -0.39 is 0 Å². The van der Waals surface area contributed by atoms with Crippen LogP contribution in [-0.2, 0) is 9.59 Å². The maximum atomic E-state index is 12.6. The van der Waals surface area contributed by atoms with Gasteiger partial charge in [0.2, 0.25) is 11.8 Å². The average molecular weight is 637 g/mol. The van der Waals surface area contributed by atoms with Gasteiger partial charge >= 0.3 is 0 Å². The number of pyridine rings is 6. The molecule has 0 aliphatic carbocycles. The number of aromatic nitrogens is 6. The molecular weight excluding hydrogens is 604 g/mol. The first kappa shape index (κ1) is 31.4. The average Bonchev–Trinajstić information content (AvgIpc) is 3.16. The Hall–Kier alpha value is -6.56. The van der Waals surface area contributed by atoms with Gasteiger partial charge in [0.05, 0.1) is 56.9 Å². The maximum Gasteiger partial charge on any atom is 0.238 e. The second-order valence-electron chi connectivity index (χ2n) is 10.7. The number of rotatable bonds is 13. The van der Waals surface area contributed by atoms with E-state index in [1.54, 1.807) is 24.8 Å². The highest BCUT2D eigenvalue weighted by atomic mass is 16.2. The van der Waals surface area contributed by atoms with Gasteiger partial charge in [-0.15, -0.1) is 0 Å². The number of nitrogens with one attached hydrogen (secondary N) is 4. The number of anilines is 2. The van der Waals surface area contributed by atoms with E-state index in [1.165, 1.54) is 0 Å². The fourth-order valence-electron chi connectivity index (χ4n) is 4.77. The zero-order valence-corrected chi connectivity index (χ0v) is 25.9. The molecule has 12 heteroatoms. The van der Waals surface area contributed by atoms with Gasteiger partial charge in [0.15, 0.2) is 0 Å². The Morgan fingerprint density at radius 1 is 0.438 bits per heavy atom. The molecule has 0 aliphatic heterocycles. The van der Waals surface area contributed by atoms with Crippen molar-refractivity contribution in [2.45, 2.75) is 25.7 Å². The lowest BCUT2D eigenvalue weighted by molar-refractivity contribution is -0.122. The predicted molar refractivity (Wildman–Crippen MR) is 183 cm³/mol. The van der Waals surface area contributed by atoms with E-state index in [9.17, 15) is 9.59 Å². The molecule has 238 valence electrons. The van der Waals surface area contributed by atoms with Gasteiger partial charge in [0, 0.05) is 37.6 Å². The largest absolute Gasteiger partial charge is 0.298 e. The highest BCUT2D eigenvalue weighted by Gasteiger charge is 2.12.